The van der Waals surface area contributed by atoms with Gasteiger partial charge in [0.2, 0.25) is 5.88 Å². The molecule has 0 bridgehead atoms. The average Bonchev–Trinajstić information content (AvgIpc) is 3.54. The van der Waals surface area contributed by atoms with E-state index in [1.807, 2.05) is 0 Å². The third-order valence-corrected chi connectivity index (χ3v) is 6.28. The molecule has 7 nitrogen and oxygen atoms in total. The molecule has 0 radical (unpaired) electrons. The molecule has 1 aromatic heterocycles. The van der Waals surface area contributed by atoms with Gasteiger partial charge in [0.05, 0.1) is 30.8 Å². The first-order valence-electron chi connectivity index (χ1n) is 10.6. The first-order chi connectivity index (χ1) is 15.0. The number of amides is 1. The first-order valence-corrected chi connectivity index (χ1v) is 10.6. The summed E-state index contributed by atoms with van der Waals surface area (Å²) in [7, 11) is 1.18. The minimum Gasteiger partial charge on any atom is -0.491 e. The number of benzene rings is 1. The van der Waals surface area contributed by atoms with Crippen molar-refractivity contribution in [1.82, 2.24) is 19.8 Å². The SMILES string of the molecule is COc1c(F)ccc(C(=O)N2CCN3C[C@H](Oc4cnc(C5CC5)cn4)C[C@H]3C2)c1F. The number of rotatable bonds is 5. The van der Waals surface area contributed by atoms with Crippen LogP contribution in [0.15, 0.2) is 24.5 Å². The van der Waals surface area contributed by atoms with Crippen LogP contribution >= 0.6 is 0 Å². The number of fused-ring (bicyclic) bond motifs is 1. The summed E-state index contributed by atoms with van der Waals surface area (Å²) in [6.07, 6.45) is 6.54. The molecular formula is C22H24F2N4O3. The number of aromatic nitrogens is 2. The molecule has 1 amide bonds. The van der Waals surface area contributed by atoms with Gasteiger partial charge in [-0.1, -0.05) is 0 Å². The van der Waals surface area contributed by atoms with Gasteiger partial charge in [-0.2, -0.15) is 0 Å². The largest absolute Gasteiger partial charge is 0.491 e. The van der Waals surface area contributed by atoms with Crippen LogP contribution in [0.25, 0.3) is 0 Å². The molecule has 0 unspecified atom stereocenters. The molecular weight excluding hydrogens is 406 g/mol. The minimum atomic E-state index is -0.962. The van der Waals surface area contributed by atoms with Crippen LogP contribution < -0.4 is 9.47 Å². The van der Waals surface area contributed by atoms with Crippen LogP contribution in [0.1, 0.15) is 41.2 Å². The summed E-state index contributed by atoms with van der Waals surface area (Å²) in [5.74, 6) is -1.71. The summed E-state index contributed by atoms with van der Waals surface area (Å²) in [4.78, 5) is 25.6. The van der Waals surface area contributed by atoms with Gasteiger partial charge in [0.25, 0.3) is 5.91 Å². The molecule has 0 N–H and O–H groups in total. The third-order valence-electron chi connectivity index (χ3n) is 6.28. The summed E-state index contributed by atoms with van der Waals surface area (Å²) in [6, 6.07) is 2.35. The highest BCUT2D eigenvalue weighted by atomic mass is 19.1. The zero-order chi connectivity index (χ0) is 21.5. The number of hydrogen-bond donors (Lipinski definition) is 0. The molecule has 2 atom stereocenters. The van der Waals surface area contributed by atoms with Gasteiger partial charge in [0.15, 0.2) is 17.4 Å². The molecule has 2 aromatic rings. The van der Waals surface area contributed by atoms with E-state index in [4.69, 9.17) is 9.47 Å². The zero-order valence-electron chi connectivity index (χ0n) is 17.3. The van der Waals surface area contributed by atoms with Crippen LogP contribution in [0.4, 0.5) is 8.78 Å². The van der Waals surface area contributed by atoms with Crippen molar-refractivity contribution in [3.8, 4) is 11.6 Å². The number of carbonyl (C=O) groups excluding carboxylic acids is 1. The lowest BCUT2D eigenvalue weighted by molar-refractivity contribution is 0.0564. The van der Waals surface area contributed by atoms with Crippen molar-refractivity contribution in [3.63, 3.8) is 0 Å². The number of methoxy groups -OCH3 is 1. The predicted molar refractivity (Wildman–Crippen MR) is 107 cm³/mol. The molecule has 164 valence electrons. The topological polar surface area (TPSA) is 67.8 Å². The van der Waals surface area contributed by atoms with E-state index in [0.717, 1.165) is 24.7 Å². The number of halogens is 2. The van der Waals surface area contributed by atoms with E-state index in [9.17, 15) is 13.6 Å². The molecule has 1 aliphatic carbocycles. The molecule has 1 saturated carbocycles. The predicted octanol–water partition coefficient (Wildman–Crippen LogP) is 2.62. The highest BCUT2D eigenvalue weighted by molar-refractivity contribution is 5.95. The first kappa shape index (κ1) is 20.1. The molecule has 1 aromatic carbocycles. The number of ether oxygens (including phenoxy) is 2. The molecule has 31 heavy (non-hydrogen) atoms. The maximum Gasteiger partial charge on any atom is 0.257 e. The zero-order valence-corrected chi connectivity index (χ0v) is 17.3. The second-order valence-corrected chi connectivity index (χ2v) is 8.37. The van der Waals surface area contributed by atoms with Crippen molar-refractivity contribution in [3.05, 3.63) is 47.4 Å². The van der Waals surface area contributed by atoms with E-state index in [2.05, 4.69) is 14.9 Å². The minimum absolute atomic E-state index is 0.0382. The van der Waals surface area contributed by atoms with E-state index < -0.39 is 23.3 Å². The second-order valence-electron chi connectivity index (χ2n) is 8.37. The van der Waals surface area contributed by atoms with Gasteiger partial charge in [0.1, 0.15) is 6.10 Å². The third kappa shape index (κ3) is 3.94. The van der Waals surface area contributed by atoms with Crippen LogP contribution in [0.2, 0.25) is 0 Å². The average molecular weight is 430 g/mol. The maximum absolute atomic E-state index is 14.5. The lowest BCUT2D eigenvalue weighted by Crippen LogP contribution is -2.52. The lowest BCUT2D eigenvalue weighted by atomic mass is 10.1. The Morgan fingerprint density at radius 1 is 1.13 bits per heavy atom. The quantitative estimate of drug-likeness (QED) is 0.727. The van der Waals surface area contributed by atoms with Crippen molar-refractivity contribution in [2.45, 2.75) is 37.3 Å². The van der Waals surface area contributed by atoms with Gasteiger partial charge in [0, 0.05) is 44.6 Å². The Balaban J connectivity index is 1.22. The molecule has 2 saturated heterocycles. The van der Waals surface area contributed by atoms with Crippen LogP contribution in [0.5, 0.6) is 11.6 Å². The van der Waals surface area contributed by atoms with Crippen molar-refractivity contribution >= 4 is 5.91 Å². The number of piperazine rings is 1. The Hall–Kier alpha value is -2.81. The highest BCUT2D eigenvalue weighted by Gasteiger charge is 2.39. The van der Waals surface area contributed by atoms with E-state index in [0.29, 0.717) is 31.4 Å². The summed E-state index contributed by atoms with van der Waals surface area (Å²) in [6.45, 7) is 2.35. The summed E-state index contributed by atoms with van der Waals surface area (Å²) in [5, 5.41) is 0. The van der Waals surface area contributed by atoms with E-state index in [1.165, 1.54) is 26.0 Å². The Morgan fingerprint density at radius 3 is 2.68 bits per heavy atom. The number of hydrogen-bond acceptors (Lipinski definition) is 6. The van der Waals surface area contributed by atoms with Crippen molar-refractivity contribution in [1.29, 1.82) is 0 Å². The monoisotopic (exact) mass is 430 g/mol. The second kappa shape index (κ2) is 8.03. The van der Waals surface area contributed by atoms with Crippen LogP contribution in [0.3, 0.4) is 0 Å². The van der Waals surface area contributed by atoms with Gasteiger partial charge < -0.3 is 14.4 Å². The Labute approximate surface area is 179 Å². The fraction of sp³-hybridized carbons (Fsp3) is 0.500. The van der Waals surface area contributed by atoms with Crippen molar-refractivity contribution in [2.75, 3.05) is 33.3 Å². The smallest absolute Gasteiger partial charge is 0.257 e. The van der Waals surface area contributed by atoms with Gasteiger partial charge in [-0.25, -0.2) is 13.8 Å². The molecule has 5 rings (SSSR count). The summed E-state index contributed by atoms with van der Waals surface area (Å²) < 4.78 is 39.0. The normalized spacial score (nSPS) is 23.5. The van der Waals surface area contributed by atoms with Gasteiger partial charge in [-0.05, 0) is 25.0 Å². The Morgan fingerprint density at radius 2 is 1.97 bits per heavy atom. The van der Waals surface area contributed by atoms with Crippen LogP contribution in [-0.4, -0.2) is 71.1 Å². The van der Waals surface area contributed by atoms with Gasteiger partial charge in [-0.3, -0.25) is 14.7 Å². The van der Waals surface area contributed by atoms with Crippen molar-refractivity contribution in [2.24, 2.45) is 0 Å². The van der Waals surface area contributed by atoms with Gasteiger partial charge in [-0.15, -0.1) is 0 Å². The highest BCUT2D eigenvalue weighted by Crippen LogP contribution is 2.38. The van der Waals surface area contributed by atoms with Crippen molar-refractivity contribution < 1.29 is 23.0 Å². The molecule has 3 fully saturated rings. The van der Waals surface area contributed by atoms with Gasteiger partial charge >= 0.3 is 0 Å². The molecule has 3 heterocycles. The molecule has 3 aliphatic rings. The fourth-order valence-electron chi connectivity index (χ4n) is 4.47. The van der Waals surface area contributed by atoms with Crippen LogP contribution in [0, 0.1) is 11.6 Å². The fourth-order valence-corrected chi connectivity index (χ4v) is 4.47. The Bertz CT molecular complexity index is 983. The van der Waals surface area contributed by atoms with Crippen LogP contribution in [-0.2, 0) is 0 Å². The number of carbonyl (C=O) groups is 1. The Kier molecular flexibility index (Phi) is 5.21. The summed E-state index contributed by atoms with van der Waals surface area (Å²) in [5.41, 5.74) is 0.846. The van der Waals surface area contributed by atoms with E-state index in [-0.39, 0.29) is 17.7 Å². The molecule has 0 spiro atoms. The van der Waals surface area contributed by atoms with E-state index in [1.54, 1.807) is 17.3 Å². The maximum atomic E-state index is 14.5. The standard InChI is InChI=1S/C22H24F2N4O3/c1-30-21-17(23)5-4-16(20(21)24)22(29)28-7-6-27-12-15(8-14(27)11-28)31-19-10-25-18(9-26-19)13-2-3-13/h4-5,9-10,13-15H,2-3,6-8,11-12H2,1H3/t14-,15+/m0/s1. The summed E-state index contributed by atoms with van der Waals surface area (Å²) >= 11 is 0. The molecule has 2 aliphatic heterocycles. The number of nitrogens with zero attached hydrogens (tertiary/aromatic N) is 4. The lowest BCUT2D eigenvalue weighted by Gasteiger charge is -2.37. The molecule has 9 heteroatoms. The van der Waals surface area contributed by atoms with E-state index >= 15 is 0 Å².